The minimum atomic E-state index is -4.46. The second-order valence-electron chi connectivity index (χ2n) is 13.7. The maximum Gasteiger partial charge on any atom is 0.355 e. The minimum absolute atomic E-state index is 0.0424. The molecule has 4 N–H and O–H groups in total. The fraction of sp³-hybridized carbons (Fsp3) is 0.395. The number of alkyl halides is 3. The molecule has 0 saturated carbocycles. The molecule has 4 heterocycles. The molecule has 1 aromatic carbocycles. The van der Waals surface area contributed by atoms with E-state index in [-0.39, 0.29) is 74.3 Å². The van der Waals surface area contributed by atoms with Gasteiger partial charge in [0.05, 0.1) is 32.5 Å². The van der Waals surface area contributed by atoms with E-state index >= 15 is 0 Å². The Morgan fingerprint density at radius 3 is 2.12 bits per heavy atom. The van der Waals surface area contributed by atoms with Gasteiger partial charge in [-0.05, 0) is 76.0 Å². The van der Waals surface area contributed by atoms with Crippen LogP contribution in [0.5, 0.6) is 11.8 Å². The number of nitrogens with zero attached hydrogens (tertiary/aromatic N) is 10. The number of methoxy groups -OCH3 is 2. The van der Waals surface area contributed by atoms with Crippen LogP contribution in [0.15, 0.2) is 46.3 Å². The predicted molar refractivity (Wildman–Crippen MR) is 243 cm³/mol. The summed E-state index contributed by atoms with van der Waals surface area (Å²) in [6.07, 6.45) is 1.07. The molecule has 5 rings (SSSR count). The molecule has 68 heavy (non-hydrogen) atoms. The first kappa shape index (κ1) is 55.7. The maximum atomic E-state index is 14.2. The zero-order valence-electron chi connectivity index (χ0n) is 37.6. The second-order valence-corrected chi connectivity index (χ2v) is 16.6. The first-order valence-corrected chi connectivity index (χ1v) is 22.3. The average molecular weight is 1040 g/mol. The third-order valence-electron chi connectivity index (χ3n) is 8.03. The molecule has 0 radical (unpaired) electrons. The van der Waals surface area contributed by atoms with Gasteiger partial charge < -0.3 is 29.7 Å². The summed E-state index contributed by atoms with van der Waals surface area (Å²) in [5, 5.41) is 10.3. The molecular weight excluding hydrogens is 992 g/mol. The average Bonchev–Trinajstić information content (AvgIpc) is 3.56. The lowest BCUT2D eigenvalue weighted by atomic mass is 10.1. The van der Waals surface area contributed by atoms with Crippen LogP contribution in [0.3, 0.4) is 0 Å². The smallest absolute Gasteiger partial charge is 0.355 e. The maximum absolute atomic E-state index is 14.2. The molecule has 3 amide bonds. The number of ether oxygens (including phenoxy) is 3. The normalized spacial score (nSPS) is 11.3. The molecule has 5 aromatic rings. The number of urea groups is 1. The Morgan fingerprint density at radius 1 is 0.941 bits per heavy atom. The van der Waals surface area contributed by atoms with Gasteiger partial charge >= 0.3 is 24.2 Å². The van der Waals surface area contributed by atoms with Crippen molar-refractivity contribution >= 4 is 80.6 Å². The molecule has 0 saturated heterocycles. The zero-order valence-corrected chi connectivity index (χ0v) is 40.7. The van der Waals surface area contributed by atoms with Crippen LogP contribution in [0.4, 0.5) is 35.8 Å². The Morgan fingerprint density at radius 2 is 1.57 bits per heavy atom. The molecule has 0 aliphatic rings. The highest BCUT2D eigenvalue weighted by atomic mass is 35.5. The van der Waals surface area contributed by atoms with Crippen LogP contribution in [-0.2, 0) is 26.0 Å². The highest BCUT2D eigenvalue weighted by molar-refractivity contribution is 7.90. The Hall–Kier alpha value is -6.58. The number of aromatic nitrogens is 9. The van der Waals surface area contributed by atoms with Gasteiger partial charge in [0.2, 0.25) is 34.9 Å². The van der Waals surface area contributed by atoms with Gasteiger partial charge in [0, 0.05) is 44.3 Å². The number of nitrogens with one attached hydrogen (secondary N) is 4. The van der Waals surface area contributed by atoms with Gasteiger partial charge in [-0.15, -0.1) is 16.7 Å². The van der Waals surface area contributed by atoms with Crippen molar-refractivity contribution in [2.45, 2.75) is 64.0 Å². The van der Waals surface area contributed by atoms with Gasteiger partial charge in [0.25, 0.3) is 15.9 Å². The van der Waals surface area contributed by atoms with E-state index in [9.17, 15) is 40.8 Å². The molecule has 370 valence electrons. The van der Waals surface area contributed by atoms with Crippen molar-refractivity contribution in [2.75, 3.05) is 57.4 Å². The second kappa shape index (κ2) is 25.5. The van der Waals surface area contributed by atoms with Crippen molar-refractivity contribution in [3.63, 3.8) is 0 Å². The third-order valence-corrected chi connectivity index (χ3v) is 10.2. The summed E-state index contributed by atoms with van der Waals surface area (Å²) in [7, 11) is 1.15. The first-order valence-electron chi connectivity index (χ1n) is 19.6. The molecule has 0 aliphatic heterocycles. The van der Waals surface area contributed by atoms with Crippen LogP contribution in [-0.4, -0.2) is 128 Å². The number of esters is 1. The summed E-state index contributed by atoms with van der Waals surface area (Å²) in [6.45, 7) is 6.53. The molecule has 0 bridgehead atoms. The van der Waals surface area contributed by atoms with Crippen LogP contribution >= 0.6 is 34.8 Å². The van der Waals surface area contributed by atoms with Gasteiger partial charge in [-0.1, -0.05) is 11.6 Å². The van der Waals surface area contributed by atoms with Gasteiger partial charge in [0.15, 0.2) is 10.8 Å². The lowest BCUT2D eigenvalue weighted by Crippen LogP contribution is -2.36. The number of halogens is 6. The van der Waals surface area contributed by atoms with Crippen molar-refractivity contribution < 1.29 is 50.2 Å². The standard InChI is InChI=1S/C15H14Cl2F3N3O3.C15H18N6O6S.C8H14ClN5/c1-3-26-13(24)10(17)4-8-5-12(11(18)6-9(8)16)23-15(25)22(14(19)20)7(2)21-23;1-21(2)13(22)9-6-5-7-16-12(9)28(24,25)20-15(23)19-14-17-10(26-3)8-11(18-14)27-4;1-4-10-7-12-6(9)13-8(14-7)11-5(2)3/h5-6,10,14H,3-4H2,1-2H3;5-8H,1-4H3,(H2,17,18,19,20,23);5H,4H2,1-3H3,(H2,10,11,12,13,14). The molecule has 1 unspecified atom stereocenters. The lowest BCUT2D eigenvalue weighted by Gasteiger charge is -2.14. The molecule has 4 aromatic heterocycles. The number of pyridine rings is 1. The summed E-state index contributed by atoms with van der Waals surface area (Å²) < 4.78 is 82.2. The van der Waals surface area contributed by atoms with Crippen LogP contribution < -0.4 is 35.8 Å². The van der Waals surface area contributed by atoms with Gasteiger partial charge in [0.1, 0.15) is 16.9 Å². The van der Waals surface area contributed by atoms with E-state index in [2.05, 4.69) is 51.0 Å². The van der Waals surface area contributed by atoms with E-state index in [1.807, 2.05) is 20.8 Å². The van der Waals surface area contributed by atoms with Crippen molar-refractivity contribution in [3.8, 4) is 17.4 Å². The van der Waals surface area contributed by atoms with Crippen LogP contribution in [0.25, 0.3) is 5.69 Å². The molecule has 0 fully saturated rings. The SMILES string of the molecule is CCNc1nc(Cl)nc(NC(C)C)n1.CCOC(=O)C(Cl)Cc1cc(-n2nc(C)n(C(F)F)c2=O)c(F)cc1Cl.COc1cc(OC)nc(NC(=O)NS(=O)(=O)c2ncccc2C(=O)N(C)C)n1. The molecule has 23 nitrogen and oxygen atoms in total. The van der Waals surface area contributed by atoms with Gasteiger partial charge in [-0.2, -0.15) is 46.8 Å². The van der Waals surface area contributed by atoms with Crippen LogP contribution in [0, 0.1) is 12.7 Å². The molecule has 1 atom stereocenters. The highest BCUT2D eigenvalue weighted by Crippen LogP contribution is 2.26. The Kier molecular flexibility index (Phi) is 20.9. The number of benzene rings is 1. The zero-order chi connectivity index (χ0) is 51.0. The van der Waals surface area contributed by atoms with E-state index in [0.717, 1.165) is 18.7 Å². The summed E-state index contributed by atoms with van der Waals surface area (Å²) in [4.78, 5) is 72.6. The molecule has 30 heteroatoms. The van der Waals surface area contributed by atoms with Crippen molar-refractivity contribution in [2.24, 2.45) is 0 Å². The number of amides is 3. The summed E-state index contributed by atoms with van der Waals surface area (Å²) in [5.74, 6) is -1.59. The fourth-order valence-electron chi connectivity index (χ4n) is 5.15. The van der Waals surface area contributed by atoms with Crippen molar-refractivity contribution in [1.29, 1.82) is 0 Å². The summed E-state index contributed by atoms with van der Waals surface area (Å²) >= 11 is 17.6. The van der Waals surface area contributed by atoms with E-state index in [1.165, 1.54) is 64.5 Å². The third kappa shape index (κ3) is 15.8. The lowest BCUT2D eigenvalue weighted by molar-refractivity contribution is -0.142. The predicted octanol–water partition coefficient (Wildman–Crippen LogP) is 5.12. The number of sulfonamides is 1. The highest BCUT2D eigenvalue weighted by Gasteiger charge is 2.28. The van der Waals surface area contributed by atoms with E-state index in [0.29, 0.717) is 16.6 Å². The van der Waals surface area contributed by atoms with E-state index in [1.54, 1.807) is 11.6 Å². The fourth-order valence-corrected chi connectivity index (χ4v) is 6.80. The number of aryl methyl sites for hydroxylation is 1. The van der Waals surface area contributed by atoms with Gasteiger partial charge in [-0.3, -0.25) is 14.9 Å². The number of hydrogen-bond donors (Lipinski definition) is 4. The first-order chi connectivity index (χ1) is 32.0. The molecular formula is C38H46Cl3F3N14O9S. The molecule has 0 aliphatic carbocycles. The van der Waals surface area contributed by atoms with Crippen molar-refractivity contribution in [1.82, 2.24) is 53.9 Å². The Balaban J connectivity index is 0.000000285. The van der Waals surface area contributed by atoms with E-state index in [4.69, 9.17) is 49.0 Å². The summed E-state index contributed by atoms with van der Waals surface area (Å²) in [6, 6.07) is 5.20. The number of hydrogen-bond acceptors (Lipinski definition) is 18. The Bertz CT molecular complexity index is 2710. The van der Waals surface area contributed by atoms with Crippen molar-refractivity contribution in [3.05, 3.63) is 80.1 Å². The number of anilines is 3. The van der Waals surface area contributed by atoms with Crippen LogP contribution in [0.2, 0.25) is 10.3 Å². The summed E-state index contributed by atoms with van der Waals surface area (Å²) in [5.41, 5.74) is -1.55. The largest absolute Gasteiger partial charge is 0.481 e. The Labute approximate surface area is 402 Å². The number of carbonyl (C=O) groups excluding carboxylic acids is 3. The number of rotatable bonds is 16. The number of carbonyl (C=O) groups is 3. The van der Waals surface area contributed by atoms with Gasteiger partial charge in [-0.25, -0.2) is 28.3 Å². The quantitative estimate of drug-likeness (QED) is 0.0737. The molecule has 0 spiro atoms. The monoisotopic (exact) mass is 1040 g/mol. The van der Waals surface area contributed by atoms with E-state index < -0.39 is 56.4 Å². The minimum Gasteiger partial charge on any atom is -0.481 e. The topological polar surface area (TPSA) is 282 Å². The van der Waals surface area contributed by atoms with Crippen LogP contribution in [0.1, 0.15) is 56.0 Å².